The van der Waals surface area contributed by atoms with Crippen LogP contribution < -0.4 is 14.9 Å². The first kappa shape index (κ1) is 39.6. The molecule has 1 amide bonds. The molecule has 0 bridgehead atoms. The van der Waals surface area contributed by atoms with E-state index >= 15 is 8.78 Å². The summed E-state index contributed by atoms with van der Waals surface area (Å²) in [5.74, 6) is -8.91. The van der Waals surface area contributed by atoms with E-state index in [0.29, 0.717) is 34.9 Å². The monoisotopic (exact) mass is 826 g/mol. The number of hydrogen-bond acceptors (Lipinski definition) is 9. The van der Waals surface area contributed by atoms with Gasteiger partial charge in [-0.3, -0.25) is 19.2 Å². The molecule has 7 rings (SSSR count). The number of rotatable bonds is 13. The predicted octanol–water partition coefficient (Wildman–Crippen LogP) is 5.36. The second-order valence-electron chi connectivity index (χ2n) is 14.4. The van der Waals surface area contributed by atoms with Gasteiger partial charge in [-0.1, -0.05) is 17.7 Å². The van der Waals surface area contributed by atoms with Gasteiger partial charge < -0.3 is 15.3 Å². The zero-order chi connectivity index (χ0) is 40.4. The number of carbonyl (C=O) groups excluding carboxylic acids is 1. The number of nitrogens with one attached hydrogen (secondary N) is 2. The SMILES string of the molecule is CN(CCO)c1ccc(-c2ccc(Cl)c3c(NS(C)(=O)=O)nn(C)c23)c(C(Cc2cc(F)cc(F)c2)NC(=O)CN2N=C(C(F)F)C3C4CCC4C(F)(F)C32)n1. The summed E-state index contributed by atoms with van der Waals surface area (Å²) in [5.41, 5.74) is 0.543. The quantitative estimate of drug-likeness (QED) is 0.153. The maximum Gasteiger partial charge on any atom is 0.278 e. The molecule has 2 saturated carbocycles. The van der Waals surface area contributed by atoms with E-state index in [-0.39, 0.29) is 53.5 Å². The number of alkyl halides is 4. The number of aryl methyl sites for hydroxylation is 1. The number of nitrogens with zero attached hydrogens (tertiary/aromatic N) is 6. The molecule has 3 heterocycles. The lowest BCUT2D eigenvalue weighted by molar-refractivity contribution is -0.131. The summed E-state index contributed by atoms with van der Waals surface area (Å²) in [7, 11) is -0.631. The van der Waals surface area contributed by atoms with E-state index in [1.165, 1.54) is 10.7 Å². The zero-order valence-electron chi connectivity index (χ0n) is 30.2. The second-order valence-corrected chi connectivity index (χ2v) is 16.6. The maximum absolute atomic E-state index is 15.7. The standard InChI is InChI=1S/C36H37ClF6N8O4S/c1-49(10-11-52)26-9-6-20(21-5-8-24(37)29-32(21)50(2)47-35(29)48-56(3,54)55)30(45-26)25(14-17-12-18(38)15-19(39)13-17)44-27(53)16-51-33-28(31(46-51)34(40)41)22-4-7-23(22)36(33,42)43/h5-6,8-9,12-13,15,22-23,25,28,33-34,52H,4,7,10-11,14,16H2,1-3H3,(H,44,53)(H,47,48). The number of fused-ring (bicyclic) bond motifs is 4. The van der Waals surface area contributed by atoms with E-state index in [9.17, 15) is 35.9 Å². The van der Waals surface area contributed by atoms with Gasteiger partial charge in [0.15, 0.2) is 5.82 Å². The molecule has 1 aliphatic heterocycles. The van der Waals surface area contributed by atoms with Crippen molar-refractivity contribution in [1.29, 1.82) is 0 Å². The molecular formula is C36H37ClF6N8O4S. The third-order valence-electron chi connectivity index (χ3n) is 10.7. The van der Waals surface area contributed by atoms with Crippen LogP contribution in [0.25, 0.3) is 22.0 Å². The minimum Gasteiger partial charge on any atom is -0.395 e. The molecule has 0 spiro atoms. The predicted molar refractivity (Wildman–Crippen MR) is 197 cm³/mol. The van der Waals surface area contributed by atoms with Crippen LogP contribution in [-0.2, 0) is 28.3 Å². The van der Waals surface area contributed by atoms with Gasteiger partial charge in [-0.25, -0.2) is 39.7 Å². The van der Waals surface area contributed by atoms with E-state index in [1.54, 1.807) is 37.2 Å². The molecule has 4 aromatic rings. The Morgan fingerprint density at radius 1 is 1.11 bits per heavy atom. The van der Waals surface area contributed by atoms with Crippen LogP contribution >= 0.6 is 11.6 Å². The summed E-state index contributed by atoms with van der Waals surface area (Å²) in [6.45, 7) is -0.969. The number of hydrogen-bond donors (Lipinski definition) is 3. The summed E-state index contributed by atoms with van der Waals surface area (Å²) >= 11 is 6.59. The van der Waals surface area contributed by atoms with Crippen molar-refractivity contribution in [1.82, 2.24) is 25.1 Å². The number of sulfonamides is 1. The molecule has 3 N–H and O–H groups in total. The van der Waals surface area contributed by atoms with Gasteiger partial charge >= 0.3 is 0 Å². The number of likely N-dealkylation sites (N-methyl/N-ethyl adjacent to an activating group) is 1. The zero-order valence-corrected chi connectivity index (χ0v) is 31.7. The Hall–Kier alpha value is -4.62. The van der Waals surface area contributed by atoms with E-state index < -0.39 is 82.0 Å². The topological polar surface area (TPSA) is 145 Å². The molecule has 0 radical (unpaired) electrons. The molecule has 0 saturated heterocycles. The van der Waals surface area contributed by atoms with Crippen LogP contribution in [0.5, 0.6) is 0 Å². The van der Waals surface area contributed by atoms with Crippen molar-refractivity contribution in [2.45, 2.75) is 43.7 Å². The molecule has 12 nitrogen and oxygen atoms in total. The summed E-state index contributed by atoms with van der Waals surface area (Å²) in [6.07, 6.45) is -1.95. The highest BCUT2D eigenvalue weighted by Crippen LogP contribution is 2.62. The number of pyridine rings is 1. The third kappa shape index (κ3) is 7.24. The highest BCUT2D eigenvalue weighted by molar-refractivity contribution is 7.92. The van der Waals surface area contributed by atoms with Crippen LogP contribution in [-0.4, -0.2) is 96.3 Å². The third-order valence-corrected chi connectivity index (χ3v) is 11.6. The van der Waals surface area contributed by atoms with Gasteiger partial charge in [0.25, 0.3) is 12.3 Å². The molecule has 2 fully saturated rings. The Bertz CT molecular complexity index is 2330. The van der Waals surface area contributed by atoms with Crippen LogP contribution in [0.3, 0.4) is 0 Å². The molecule has 5 unspecified atom stereocenters. The first-order valence-corrected chi connectivity index (χ1v) is 19.9. The number of benzene rings is 2. The Labute approximate surface area is 322 Å². The fourth-order valence-electron chi connectivity index (χ4n) is 8.34. The second kappa shape index (κ2) is 14.7. The van der Waals surface area contributed by atoms with Crippen molar-refractivity contribution in [2.75, 3.05) is 42.6 Å². The number of carbonyl (C=O) groups is 1. The van der Waals surface area contributed by atoms with Crippen molar-refractivity contribution < 1.29 is 44.7 Å². The lowest BCUT2D eigenvalue weighted by Gasteiger charge is -2.36. The minimum atomic E-state index is -3.81. The average Bonchev–Trinajstić information content (AvgIpc) is 3.65. The fraction of sp³-hybridized carbons (Fsp3) is 0.444. The van der Waals surface area contributed by atoms with Crippen LogP contribution in [0.4, 0.5) is 38.0 Å². The summed E-state index contributed by atoms with van der Waals surface area (Å²) < 4.78 is 117. The van der Waals surface area contributed by atoms with Crippen LogP contribution in [0.15, 0.2) is 47.6 Å². The molecule has 20 heteroatoms. The molecule has 56 heavy (non-hydrogen) atoms. The van der Waals surface area contributed by atoms with Gasteiger partial charge in [-0.15, -0.1) is 0 Å². The van der Waals surface area contributed by atoms with E-state index in [0.717, 1.165) is 23.4 Å². The van der Waals surface area contributed by atoms with Gasteiger partial charge in [-0.05, 0) is 61.1 Å². The normalized spacial score (nSPS) is 21.8. The number of aliphatic hydroxyl groups is 1. The van der Waals surface area contributed by atoms with Crippen LogP contribution in [0.2, 0.25) is 5.02 Å². The number of amides is 1. The Morgan fingerprint density at radius 3 is 2.43 bits per heavy atom. The van der Waals surface area contributed by atoms with Gasteiger partial charge in [0.05, 0.1) is 40.5 Å². The highest BCUT2D eigenvalue weighted by Gasteiger charge is 2.71. The summed E-state index contributed by atoms with van der Waals surface area (Å²) in [5, 5.41) is 21.7. The van der Waals surface area contributed by atoms with Crippen molar-refractivity contribution in [3.05, 3.63) is 70.4 Å². The van der Waals surface area contributed by atoms with Gasteiger partial charge in [-0.2, -0.15) is 10.2 Å². The lowest BCUT2D eigenvalue weighted by atomic mass is 9.71. The van der Waals surface area contributed by atoms with Gasteiger partial charge in [0.1, 0.15) is 35.8 Å². The molecule has 5 atom stereocenters. The first-order valence-electron chi connectivity index (χ1n) is 17.6. The number of aliphatic hydroxyl groups excluding tert-OH is 1. The van der Waals surface area contributed by atoms with Crippen molar-refractivity contribution >= 4 is 55.8 Å². The number of hydrazone groups is 1. The number of aromatic nitrogens is 3. The van der Waals surface area contributed by atoms with Gasteiger partial charge in [0, 0.05) is 49.7 Å². The number of halogens is 7. The van der Waals surface area contributed by atoms with Crippen LogP contribution in [0.1, 0.15) is 30.1 Å². The Kier molecular flexibility index (Phi) is 10.4. The maximum atomic E-state index is 15.7. The molecule has 3 aliphatic rings. The molecule has 2 aliphatic carbocycles. The van der Waals surface area contributed by atoms with Crippen molar-refractivity contribution in [3.63, 3.8) is 0 Å². The molecular weight excluding hydrogens is 790 g/mol. The Balaban J connectivity index is 1.35. The molecule has 2 aromatic carbocycles. The summed E-state index contributed by atoms with van der Waals surface area (Å²) in [4.78, 5) is 20.4. The number of anilines is 2. The summed E-state index contributed by atoms with van der Waals surface area (Å²) in [6, 6.07) is 6.10. The molecule has 2 aromatic heterocycles. The molecule has 300 valence electrons. The largest absolute Gasteiger partial charge is 0.395 e. The van der Waals surface area contributed by atoms with E-state index in [2.05, 4.69) is 20.2 Å². The van der Waals surface area contributed by atoms with Gasteiger partial charge in [0.2, 0.25) is 15.9 Å². The van der Waals surface area contributed by atoms with Crippen molar-refractivity contribution in [3.8, 4) is 11.1 Å². The smallest absolute Gasteiger partial charge is 0.278 e. The Morgan fingerprint density at radius 2 is 1.80 bits per heavy atom. The minimum absolute atomic E-state index is 0.0736. The fourth-order valence-corrected chi connectivity index (χ4v) is 9.07. The highest BCUT2D eigenvalue weighted by atomic mass is 35.5. The van der Waals surface area contributed by atoms with Crippen molar-refractivity contribution in [2.24, 2.45) is 29.9 Å². The van der Waals surface area contributed by atoms with Crippen LogP contribution in [0, 0.1) is 29.4 Å². The average molecular weight is 827 g/mol. The van der Waals surface area contributed by atoms with E-state index in [1.807, 2.05) is 0 Å². The lowest BCUT2D eigenvalue weighted by Crippen LogP contribution is -2.48. The van der Waals surface area contributed by atoms with E-state index in [4.69, 9.17) is 16.6 Å². The first-order chi connectivity index (χ1) is 26.4.